The first-order chi connectivity index (χ1) is 9.76. The lowest BCUT2D eigenvalue weighted by Crippen LogP contribution is -2.44. The van der Waals surface area contributed by atoms with Crippen LogP contribution in [0.25, 0.3) is 0 Å². The number of rotatable bonds is 3. The number of alkyl halides is 1. The van der Waals surface area contributed by atoms with Crippen molar-refractivity contribution in [3.8, 4) is 0 Å². The predicted octanol–water partition coefficient (Wildman–Crippen LogP) is 4.30. The van der Waals surface area contributed by atoms with E-state index in [9.17, 15) is 12.8 Å². The summed E-state index contributed by atoms with van der Waals surface area (Å²) in [7, 11) is -2.48. The van der Waals surface area contributed by atoms with Crippen molar-refractivity contribution in [3.05, 3.63) is 28.0 Å². The SMILES string of the molecule is CN(C1CCCCC1Cl)S(=O)(=O)c1ccc(Cl)c(F)c1Cl. The van der Waals surface area contributed by atoms with E-state index in [1.54, 1.807) is 0 Å². The molecule has 0 bridgehead atoms. The second-order valence-corrected chi connectivity index (χ2v) is 8.37. The molecule has 2 rings (SSSR count). The second kappa shape index (κ2) is 6.59. The lowest BCUT2D eigenvalue weighted by Gasteiger charge is -2.34. The minimum Gasteiger partial charge on any atom is -0.207 e. The Hall–Kier alpha value is -0.0700. The second-order valence-electron chi connectivity index (χ2n) is 5.06. The van der Waals surface area contributed by atoms with Crippen LogP contribution in [-0.4, -0.2) is 31.2 Å². The molecule has 2 atom stereocenters. The monoisotopic (exact) mass is 373 g/mol. The molecule has 0 N–H and O–H groups in total. The molecule has 0 amide bonds. The molecule has 1 saturated carbocycles. The van der Waals surface area contributed by atoms with Gasteiger partial charge in [0.05, 0.1) is 15.4 Å². The standard InChI is InChI=1S/C13H15Cl3FNO2S/c1-18(10-5-3-2-4-8(10)14)21(19,20)11-7-6-9(15)13(17)12(11)16/h6-8,10H,2-5H2,1H3. The topological polar surface area (TPSA) is 37.4 Å². The van der Waals surface area contributed by atoms with E-state index >= 15 is 0 Å². The first-order valence-electron chi connectivity index (χ1n) is 6.52. The van der Waals surface area contributed by atoms with Gasteiger partial charge in [0.2, 0.25) is 10.0 Å². The Balaban J connectivity index is 2.40. The first kappa shape index (κ1) is 17.3. The molecule has 3 nitrogen and oxygen atoms in total. The van der Waals surface area contributed by atoms with Gasteiger partial charge < -0.3 is 0 Å². The number of hydrogen-bond donors (Lipinski definition) is 0. The van der Waals surface area contributed by atoms with Gasteiger partial charge in [-0.1, -0.05) is 36.0 Å². The highest BCUT2D eigenvalue weighted by molar-refractivity contribution is 7.89. The molecular formula is C13H15Cl3FNO2S. The fraction of sp³-hybridized carbons (Fsp3) is 0.538. The molecule has 0 spiro atoms. The van der Waals surface area contributed by atoms with Crippen LogP contribution >= 0.6 is 34.8 Å². The molecule has 0 heterocycles. The normalized spacial score (nSPS) is 23.5. The number of benzene rings is 1. The minimum atomic E-state index is -3.92. The van der Waals surface area contributed by atoms with E-state index in [0.717, 1.165) is 19.3 Å². The Morgan fingerprint density at radius 3 is 2.48 bits per heavy atom. The summed E-state index contributed by atoms with van der Waals surface area (Å²) in [5, 5.41) is -0.958. The van der Waals surface area contributed by atoms with Crippen LogP contribution in [0.1, 0.15) is 25.7 Å². The van der Waals surface area contributed by atoms with Gasteiger partial charge >= 0.3 is 0 Å². The molecule has 1 aliphatic carbocycles. The molecule has 1 aromatic rings. The van der Waals surface area contributed by atoms with Gasteiger partial charge in [0.15, 0.2) is 5.82 Å². The van der Waals surface area contributed by atoms with Crippen LogP contribution in [0.15, 0.2) is 17.0 Å². The zero-order valence-electron chi connectivity index (χ0n) is 11.3. The van der Waals surface area contributed by atoms with E-state index in [1.165, 1.54) is 23.5 Å². The Morgan fingerprint density at radius 2 is 1.86 bits per heavy atom. The van der Waals surface area contributed by atoms with Crippen LogP contribution in [0.2, 0.25) is 10.0 Å². The van der Waals surface area contributed by atoms with Gasteiger partial charge in [0.25, 0.3) is 0 Å². The molecule has 1 aromatic carbocycles. The van der Waals surface area contributed by atoms with Crippen molar-refractivity contribution in [2.75, 3.05) is 7.05 Å². The maximum atomic E-state index is 13.7. The van der Waals surface area contributed by atoms with Gasteiger partial charge in [0, 0.05) is 13.1 Å². The molecule has 0 radical (unpaired) electrons. The first-order valence-corrected chi connectivity index (χ1v) is 9.15. The number of sulfonamides is 1. The van der Waals surface area contributed by atoms with Crippen LogP contribution in [0, 0.1) is 5.82 Å². The largest absolute Gasteiger partial charge is 0.244 e. The smallest absolute Gasteiger partial charge is 0.207 e. The molecule has 0 saturated heterocycles. The number of halogens is 4. The predicted molar refractivity (Wildman–Crippen MR) is 83.3 cm³/mol. The highest BCUT2D eigenvalue weighted by atomic mass is 35.5. The summed E-state index contributed by atoms with van der Waals surface area (Å²) in [6.07, 6.45) is 3.33. The Morgan fingerprint density at radius 1 is 1.24 bits per heavy atom. The average Bonchev–Trinajstić information content (AvgIpc) is 2.44. The van der Waals surface area contributed by atoms with E-state index in [1.807, 2.05) is 0 Å². The van der Waals surface area contributed by atoms with Crippen LogP contribution < -0.4 is 0 Å². The summed E-state index contributed by atoms with van der Waals surface area (Å²) in [5.74, 6) is -0.932. The molecule has 8 heteroatoms. The lowest BCUT2D eigenvalue weighted by atomic mass is 9.95. The van der Waals surface area contributed by atoms with Crippen LogP contribution in [0.3, 0.4) is 0 Å². The fourth-order valence-electron chi connectivity index (χ4n) is 2.52. The summed E-state index contributed by atoms with van der Waals surface area (Å²) in [6.45, 7) is 0. The molecule has 118 valence electrons. The summed E-state index contributed by atoms with van der Waals surface area (Å²) in [4.78, 5) is -0.289. The molecule has 0 aliphatic heterocycles. The minimum absolute atomic E-state index is 0.213. The van der Waals surface area contributed by atoms with Crippen molar-refractivity contribution in [1.29, 1.82) is 0 Å². The van der Waals surface area contributed by atoms with E-state index in [2.05, 4.69) is 0 Å². The van der Waals surface area contributed by atoms with E-state index in [-0.39, 0.29) is 21.3 Å². The third kappa shape index (κ3) is 3.32. The van der Waals surface area contributed by atoms with Crippen molar-refractivity contribution in [2.45, 2.75) is 42.0 Å². The highest BCUT2D eigenvalue weighted by Crippen LogP contribution is 2.34. The molecule has 0 aromatic heterocycles. The van der Waals surface area contributed by atoms with Gasteiger partial charge in [-0.3, -0.25) is 0 Å². The average molecular weight is 375 g/mol. The summed E-state index contributed by atoms with van der Waals surface area (Å²) in [5.41, 5.74) is 0. The third-order valence-corrected chi connectivity index (χ3v) is 6.98. The Kier molecular flexibility index (Phi) is 5.42. The molecule has 1 fully saturated rings. The Labute approximate surface area is 139 Å². The quantitative estimate of drug-likeness (QED) is 0.584. The van der Waals surface area contributed by atoms with Crippen molar-refractivity contribution in [3.63, 3.8) is 0 Å². The van der Waals surface area contributed by atoms with Gasteiger partial charge in [-0.05, 0) is 25.0 Å². The summed E-state index contributed by atoms with van der Waals surface area (Å²) >= 11 is 17.6. The van der Waals surface area contributed by atoms with Gasteiger partial charge in [-0.25, -0.2) is 12.8 Å². The van der Waals surface area contributed by atoms with Gasteiger partial charge in [-0.2, -0.15) is 4.31 Å². The van der Waals surface area contributed by atoms with Gasteiger partial charge in [-0.15, -0.1) is 11.6 Å². The van der Waals surface area contributed by atoms with E-state index in [4.69, 9.17) is 34.8 Å². The number of hydrogen-bond acceptors (Lipinski definition) is 2. The lowest BCUT2D eigenvalue weighted by molar-refractivity contribution is 0.291. The zero-order valence-corrected chi connectivity index (χ0v) is 14.4. The third-order valence-electron chi connectivity index (χ3n) is 3.77. The van der Waals surface area contributed by atoms with Crippen LogP contribution in [0.4, 0.5) is 4.39 Å². The van der Waals surface area contributed by atoms with Crippen molar-refractivity contribution in [1.82, 2.24) is 4.31 Å². The van der Waals surface area contributed by atoms with E-state index in [0.29, 0.717) is 6.42 Å². The summed E-state index contributed by atoms with van der Waals surface area (Å²) < 4.78 is 40.2. The highest BCUT2D eigenvalue weighted by Gasteiger charge is 2.35. The van der Waals surface area contributed by atoms with Gasteiger partial charge in [0.1, 0.15) is 4.90 Å². The zero-order chi connectivity index (χ0) is 15.8. The molecule has 2 unspecified atom stereocenters. The molecule has 1 aliphatic rings. The fourth-order valence-corrected chi connectivity index (χ4v) is 5.17. The maximum absolute atomic E-state index is 13.7. The molecular weight excluding hydrogens is 360 g/mol. The molecule has 21 heavy (non-hydrogen) atoms. The number of nitrogens with zero attached hydrogens (tertiary/aromatic N) is 1. The van der Waals surface area contributed by atoms with E-state index < -0.39 is 20.9 Å². The van der Waals surface area contributed by atoms with Crippen molar-refractivity contribution < 1.29 is 12.8 Å². The summed E-state index contributed by atoms with van der Waals surface area (Å²) in [6, 6.07) is 2.08. The van der Waals surface area contributed by atoms with Crippen LogP contribution in [-0.2, 0) is 10.0 Å². The van der Waals surface area contributed by atoms with Crippen molar-refractivity contribution in [2.24, 2.45) is 0 Å². The maximum Gasteiger partial charge on any atom is 0.244 e. The Bertz CT molecular complexity index is 639. The van der Waals surface area contributed by atoms with Crippen LogP contribution in [0.5, 0.6) is 0 Å². The van der Waals surface area contributed by atoms with Crippen molar-refractivity contribution >= 4 is 44.8 Å².